The zero-order valence-corrected chi connectivity index (χ0v) is 16.1. The number of nitrogens with one attached hydrogen (secondary N) is 1. The number of nitrogens with zero attached hydrogens (tertiary/aromatic N) is 2. The lowest BCUT2D eigenvalue weighted by atomic mass is 10.0. The van der Waals surface area contributed by atoms with E-state index in [1.165, 1.54) is 5.56 Å². The van der Waals surface area contributed by atoms with Crippen LogP contribution in [0.1, 0.15) is 24.1 Å². The topological polar surface area (TPSA) is 62.3 Å². The molecule has 1 unspecified atom stereocenters. The van der Waals surface area contributed by atoms with Crippen LogP contribution in [0.5, 0.6) is 0 Å². The summed E-state index contributed by atoms with van der Waals surface area (Å²) in [4.78, 5) is 4.62. The molecule has 27 heavy (non-hydrogen) atoms. The van der Waals surface area contributed by atoms with Crippen LogP contribution in [0.3, 0.4) is 0 Å². The second kappa shape index (κ2) is 7.38. The number of fused-ring (bicyclic) bond motifs is 1. The monoisotopic (exact) mass is 381 g/mol. The van der Waals surface area contributed by atoms with E-state index in [0.717, 1.165) is 17.4 Å². The molecule has 1 aromatic heterocycles. The summed E-state index contributed by atoms with van der Waals surface area (Å²) in [6.07, 6.45) is 2.60. The molecular weight excluding hydrogens is 358 g/mol. The fourth-order valence-corrected chi connectivity index (χ4v) is 5.42. The molecule has 1 saturated heterocycles. The molecule has 4 rings (SSSR count). The minimum absolute atomic E-state index is 0.228. The van der Waals surface area contributed by atoms with Gasteiger partial charge in [0.1, 0.15) is 4.90 Å². The molecule has 0 aliphatic carbocycles. The fraction of sp³-hybridized carbons (Fsp3) is 0.286. The molecule has 0 spiro atoms. The van der Waals surface area contributed by atoms with Gasteiger partial charge in [0.15, 0.2) is 0 Å². The van der Waals surface area contributed by atoms with Crippen LogP contribution >= 0.6 is 0 Å². The Morgan fingerprint density at radius 2 is 1.89 bits per heavy atom. The first kappa shape index (κ1) is 18.1. The lowest BCUT2D eigenvalue weighted by molar-refractivity contribution is 0.271. The van der Waals surface area contributed by atoms with Crippen molar-refractivity contribution < 1.29 is 8.42 Å². The van der Waals surface area contributed by atoms with Gasteiger partial charge in [-0.15, -0.1) is 0 Å². The van der Waals surface area contributed by atoms with E-state index in [2.05, 4.69) is 29.4 Å². The fourth-order valence-electron chi connectivity index (χ4n) is 3.64. The number of para-hydroxylation sites is 1. The van der Waals surface area contributed by atoms with Crippen LogP contribution in [-0.2, 0) is 16.4 Å². The van der Waals surface area contributed by atoms with Gasteiger partial charge in [0, 0.05) is 31.2 Å². The van der Waals surface area contributed by atoms with E-state index in [-0.39, 0.29) is 10.9 Å². The number of aromatic nitrogens is 1. The third-order valence-corrected chi connectivity index (χ3v) is 7.09. The first-order chi connectivity index (χ1) is 13.1. The Morgan fingerprint density at radius 3 is 2.67 bits per heavy atom. The average Bonchev–Trinajstić information content (AvgIpc) is 2.73. The SMILES string of the molecule is CCc1ccc(C2CNCCN2S(=O)(=O)c2cccc3cccnc23)cc1. The Balaban J connectivity index is 1.78. The lowest BCUT2D eigenvalue weighted by Crippen LogP contribution is -2.48. The van der Waals surface area contributed by atoms with E-state index in [1.54, 1.807) is 22.6 Å². The summed E-state index contributed by atoms with van der Waals surface area (Å²) in [7, 11) is -3.67. The molecule has 140 valence electrons. The highest BCUT2D eigenvalue weighted by Gasteiger charge is 2.35. The van der Waals surface area contributed by atoms with Gasteiger partial charge >= 0.3 is 0 Å². The Labute approximate surface area is 160 Å². The van der Waals surface area contributed by atoms with E-state index < -0.39 is 10.0 Å². The summed E-state index contributed by atoms with van der Waals surface area (Å²) in [6.45, 7) is 3.79. The summed E-state index contributed by atoms with van der Waals surface area (Å²) >= 11 is 0. The quantitative estimate of drug-likeness (QED) is 0.754. The zero-order chi connectivity index (χ0) is 18.9. The molecule has 5 nitrogen and oxygen atoms in total. The van der Waals surface area contributed by atoms with Crippen LogP contribution in [-0.4, -0.2) is 37.3 Å². The molecule has 6 heteroatoms. The highest BCUT2D eigenvalue weighted by Crippen LogP contribution is 2.31. The van der Waals surface area contributed by atoms with Crippen LogP contribution in [0.15, 0.2) is 65.7 Å². The van der Waals surface area contributed by atoms with Crippen molar-refractivity contribution in [2.24, 2.45) is 0 Å². The third kappa shape index (κ3) is 3.36. The highest BCUT2D eigenvalue weighted by atomic mass is 32.2. The van der Waals surface area contributed by atoms with Gasteiger partial charge in [0.05, 0.1) is 11.6 Å². The highest BCUT2D eigenvalue weighted by molar-refractivity contribution is 7.89. The van der Waals surface area contributed by atoms with E-state index in [0.29, 0.717) is 25.2 Å². The van der Waals surface area contributed by atoms with Gasteiger partial charge in [-0.3, -0.25) is 4.98 Å². The Morgan fingerprint density at radius 1 is 1.11 bits per heavy atom. The van der Waals surface area contributed by atoms with Crippen molar-refractivity contribution in [1.82, 2.24) is 14.6 Å². The third-order valence-electron chi connectivity index (χ3n) is 5.15. The van der Waals surface area contributed by atoms with E-state index in [1.807, 2.05) is 30.3 Å². The number of hydrogen-bond donors (Lipinski definition) is 1. The molecule has 2 heterocycles. The number of sulfonamides is 1. The van der Waals surface area contributed by atoms with Crippen LogP contribution in [0.25, 0.3) is 10.9 Å². The minimum Gasteiger partial charge on any atom is -0.313 e. The molecule has 1 N–H and O–H groups in total. The summed E-state index contributed by atoms with van der Waals surface area (Å²) < 4.78 is 28.8. The molecule has 2 aromatic carbocycles. The summed E-state index contributed by atoms with van der Waals surface area (Å²) in [6, 6.07) is 17.0. The van der Waals surface area contributed by atoms with E-state index in [9.17, 15) is 8.42 Å². The number of aryl methyl sites for hydroxylation is 1. The van der Waals surface area contributed by atoms with Crippen molar-refractivity contribution >= 4 is 20.9 Å². The average molecular weight is 382 g/mol. The summed E-state index contributed by atoms with van der Waals surface area (Å²) in [5.41, 5.74) is 2.78. The second-order valence-corrected chi connectivity index (χ2v) is 8.62. The van der Waals surface area contributed by atoms with Gasteiger partial charge in [-0.25, -0.2) is 8.42 Å². The van der Waals surface area contributed by atoms with Gasteiger partial charge in [-0.1, -0.05) is 49.4 Å². The van der Waals surface area contributed by atoms with Crippen molar-refractivity contribution in [3.63, 3.8) is 0 Å². The van der Waals surface area contributed by atoms with Crippen LogP contribution in [0.2, 0.25) is 0 Å². The standard InChI is InChI=1S/C21H23N3O2S/c1-2-16-8-10-17(11-9-16)19-15-22-13-14-24(19)27(25,26)20-7-3-5-18-6-4-12-23-21(18)20/h3-12,19,22H,2,13-15H2,1H3. The molecule has 0 radical (unpaired) electrons. The first-order valence-corrected chi connectivity index (χ1v) is 10.7. The molecule has 3 aromatic rings. The molecule has 1 atom stereocenters. The van der Waals surface area contributed by atoms with Gasteiger partial charge in [0.25, 0.3) is 0 Å². The smallest absolute Gasteiger partial charge is 0.245 e. The first-order valence-electron chi connectivity index (χ1n) is 9.26. The lowest BCUT2D eigenvalue weighted by Gasteiger charge is -2.35. The van der Waals surface area contributed by atoms with E-state index in [4.69, 9.17) is 0 Å². The molecule has 1 aliphatic rings. The molecule has 0 bridgehead atoms. The number of piperazine rings is 1. The van der Waals surface area contributed by atoms with Gasteiger partial charge < -0.3 is 5.32 Å². The second-order valence-electron chi connectivity index (χ2n) is 6.76. The normalized spacial score (nSPS) is 18.6. The van der Waals surface area contributed by atoms with Crippen molar-refractivity contribution in [3.05, 3.63) is 71.9 Å². The molecule has 1 fully saturated rings. The molecular formula is C21H23N3O2S. The summed E-state index contributed by atoms with van der Waals surface area (Å²) in [5.74, 6) is 0. The number of rotatable bonds is 4. The zero-order valence-electron chi connectivity index (χ0n) is 15.3. The maximum atomic E-state index is 13.6. The predicted octanol–water partition coefficient (Wildman–Crippen LogP) is 3.13. The van der Waals surface area contributed by atoms with Gasteiger partial charge in [0.2, 0.25) is 10.0 Å². The van der Waals surface area contributed by atoms with Crippen LogP contribution in [0, 0.1) is 0 Å². The number of pyridine rings is 1. The van der Waals surface area contributed by atoms with Crippen LogP contribution in [0.4, 0.5) is 0 Å². The molecule has 0 amide bonds. The number of hydrogen-bond acceptors (Lipinski definition) is 4. The minimum atomic E-state index is -3.67. The van der Waals surface area contributed by atoms with Crippen molar-refractivity contribution in [2.45, 2.75) is 24.3 Å². The van der Waals surface area contributed by atoms with Crippen LogP contribution < -0.4 is 5.32 Å². The maximum absolute atomic E-state index is 13.6. The molecule has 1 aliphatic heterocycles. The largest absolute Gasteiger partial charge is 0.313 e. The predicted molar refractivity (Wildman–Crippen MR) is 107 cm³/mol. The van der Waals surface area contributed by atoms with Crippen molar-refractivity contribution in [2.75, 3.05) is 19.6 Å². The Kier molecular flexibility index (Phi) is 4.95. The Hall–Kier alpha value is -2.28. The maximum Gasteiger partial charge on any atom is 0.245 e. The van der Waals surface area contributed by atoms with Gasteiger partial charge in [-0.05, 0) is 29.7 Å². The van der Waals surface area contributed by atoms with Gasteiger partial charge in [-0.2, -0.15) is 4.31 Å². The van der Waals surface area contributed by atoms with Crippen molar-refractivity contribution in [1.29, 1.82) is 0 Å². The van der Waals surface area contributed by atoms with E-state index >= 15 is 0 Å². The van der Waals surface area contributed by atoms with Crippen molar-refractivity contribution in [3.8, 4) is 0 Å². The summed E-state index contributed by atoms with van der Waals surface area (Å²) in [5, 5.41) is 4.16. The molecule has 0 saturated carbocycles. The Bertz CT molecular complexity index is 1040. The number of benzene rings is 2.